The molecule has 0 aromatic carbocycles. The summed E-state index contributed by atoms with van der Waals surface area (Å²) in [4.78, 5) is 21.6. The van der Waals surface area contributed by atoms with Crippen molar-refractivity contribution in [3.63, 3.8) is 0 Å². The monoisotopic (exact) mass is 165 g/mol. The van der Waals surface area contributed by atoms with Gasteiger partial charge in [0, 0.05) is 6.20 Å². The summed E-state index contributed by atoms with van der Waals surface area (Å²) in [7, 11) is -3.93. The maximum Gasteiger partial charge on any atom is 0.328 e. The molecule has 0 aromatic rings. The first-order valence-corrected chi connectivity index (χ1v) is 4.50. The molecule has 0 fully saturated rings. The second-order valence-electron chi connectivity index (χ2n) is 1.98. The molecule has 0 saturated heterocycles. The first-order valence-electron chi connectivity index (χ1n) is 2.70. The van der Waals surface area contributed by atoms with Gasteiger partial charge in [-0.25, -0.2) is 0 Å². The summed E-state index contributed by atoms with van der Waals surface area (Å²) in [5.41, 5.74) is 2.37. The van der Waals surface area contributed by atoms with Crippen molar-refractivity contribution in [2.24, 2.45) is 0 Å². The van der Waals surface area contributed by atoms with Crippen LogP contribution in [0.25, 0.3) is 0 Å². The van der Waals surface area contributed by atoms with Crippen molar-refractivity contribution >= 4 is 7.60 Å². The van der Waals surface area contributed by atoms with Crippen molar-refractivity contribution in [3.8, 4) is 0 Å². The summed E-state index contributed by atoms with van der Waals surface area (Å²) < 4.78 is 10.3. The van der Waals surface area contributed by atoms with E-state index in [9.17, 15) is 4.57 Å². The van der Waals surface area contributed by atoms with Gasteiger partial charge >= 0.3 is 7.60 Å². The SMILES string of the molecule is O=P(O)(O)CC1C=CNO1. The molecule has 1 atom stereocenters. The molecular weight excluding hydrogens is 157 g/mol. The lowest BCUT2D eigenvalue weighted by atomic mass is 10.4. The molecular formula is C4H8NO4P. The molecule has 0 spiro atoms. The van der Waals surface area contributed by atoms with Gasteiger partial charge < -0.3 is 9.79 Å². The van der Waals surface area contributed by atoms with Gasteiger partial charge in [0.1, 0.15) is 6.10 Å². The molecule has 6 heteroatoms. The standard InChI is InChI=1S/C4H8NO4P/c6-10(7,8)3-4-1-2-5-9-4/h1-2,4-5H,3H2,(H2,6,7,8). The topological polar surface area (TPSA) is 78.8 Å². The number of rotatable bonds is 2. The molecule has 0 amide bonds. The fourth-order valence-electron chi connectivity index (χ4n) is 0.645. The molecule has 1 aliphatic rings. The van der Waals surface area contributed by atoms with Gasteiger partial charge in [-0.15, -0.1) is 0 Å². The van der Waals surface area contributed by atoms with E-state index in [-0.39, 0.29) is 6.16 Å². The van der Waals surface area contributed by atoms with Gasteiger partial charge in [0.25, 0.3) is 0 Å². The highest BCUT2D eigenvalue weighted by molar-refractivity contribution is 7.51. The van der Waals surface area contributed by atoms with Crippen LogP contribution in [0.5, 0.6) is 0 Å². The summed E-state index contributed by atoms with van der Waals surface area (Å²) in [6.07, 6.45) is 2.29. The summed E-state index contributed by atoms with van der Waals surface area (Å²) in [5.74, 6) is 0. The Hall–Kier alpha value is -0.350. The Morgan fingerprint density at radius 2 is 2.40 bits per heavy atom. The highest BCUT2D eigenvalue weighted by Crippen LogP contribution is 2.36. The lowest BCUT2D eigenvalue weighted by Gasteiger charge is -2.07. The Labute approximate surface area is 57.8 Å². The number of hydrogen-bond donors (Lipinski definition) is 3. The number of hydrogen-bond acceptors (Lipinski definition) is 3. The van der Waals surface area contributed by atoms with Crippen LogP contribution in [0.15, 0.2) is 12.3 Å². The van der Waals surface area contributed by atoms with Gasteiger partial charge in [0.2, 0.25) is 0 Å². The molecule has 3 N–H and O–H groups in total. The van der Waals surface area contributed by atoms with Gasteiger partial charge in [-0.05, 0) is 6.08 Å². The van der Waals surface area contributed by atoms with E-state index < -0.39 is 13.7 Å². The Balaban J connectivity index is 2.39. The summed E-state index contributed by atoms with van der Waals surface area (Å²) in [5, 5.41) is 0. The average Bonchev–Trinajstić information content (AvgIpc) is 2.12. The molecule has 0 saturated carbocycles. The van der Waals surface area contributed by atoms with Crippen molar-refractivity contribution in [2.75, 3.05) is 6.16 Å². The van der Waals surface area contributed by atoms with Crippen molar-refractivity contribution in [2.45, 2.75) is 6.10 Å². The third-order valence-corrected chi connectivity index (χ3v) is 1.85. The molecule has 10 heavy (non-hydrogen) atoms. The van der Waals surface area contributed by atoms with E-state index in [1.807, 2.05) is 0 Å². The zero-order valence-electron chi connectivity index (χ0n) is 5.10. The molecule has 5 nitrogen and oxygen atoms in total. The second-order valence-corrected chi connectivity index (χ2v) is 3.68. The quantitative estimate of drug-likeness (QED) is 0.484. The smallest absolute Gasteiger partial charge is 0.324 e. The lowest BCUT2D eigenvalue weighted by molar-refractivity contribution is 0.0574. The molecule has 0 bridgehead atoms. The van der Waals surface area contributed by atoms with Gasteiger partial charge in [-0.3, -0.25) is 14.9 Å². The Morgan fingerprint density at radius 3 is 2.80 bits per heavy atom. The molecule has 1 aliphatic heterocycles. The van der Waals surface area contributed by atoms with E-state index in [4.69, 9.17) is 9.79 Å². The van der Waals surface area contributed by atoms with E-state index in [1.165, 1.54) is 6.20 Å². The van der Waals surface area contributed by atoms with Crippen LogP contribution in [0, 0.1) is 0 Å². The van der Waals surface area contributed by atoms with Crippen LogP contribution < -0.4 is 5.48 Å². The van der Waals surface area contributed by atoms with Gasteiger partial charge in [-0.2, -0.15) is 0 Å². The Kier molecular flexibility index (Phi) is 2.11. The molecule has 58 valence electrons. The van der Waals surface area contributed by atoms with Crippen LogP contribution in [0.4, 0.5) is 0 Å². The first kappa shape index (κ1) is 7.75. The maximum absolute atomic E-state index is 10.3. The zero-order valence-corrected chi connectivity index (χ0v) is 5.99. The predicted octanol–water partition coefficient (Wildman–Crippen LogP) is -0.419. The number of hydroxylamine groups is 1. The largest absolute Gasteiger partial charge is 0.328 e. The number of nitrogens with one attached hydrogen (secondary N) is 1. The minimum atomic E-state index is -3.93. The van der Waals surface area contributed by atoms with Crippen LogP contribution in [-0.4, -0.2) is 22.1 Å². The fourth-order valence-corrected chi connectivity index (χ4v) is 1.31. The van der Waals surface area contributed by atoms with Gasteiger partial charge in [-0.1, -0.05) is 0 Å². The first-order chi connectivity index (χ1) is 4.58. The fraction of sp³-hybridized carbons (Fsp3) is 0.500. The highest BCUT2D eigenvalue weighted by Gasteiger charge is 2.22. The highest BCUT2D eigenvalue weighted by atomic mass is 31.2. The molecule has 1 heterocycles. The average molecular weight is 165 g/mol. The molecule has 0 aliphatic carbocycles. The van der Waals surface area contributed by atoms with Crippen LogP contribution in [0.3, 0.4) is 0 Å². The van der Waals surface area contributed by atoms with Gasteiger partial charge in [0.15, 0.2) is 0 Å². The van der Waals surface area contributed by atoms with Crippen LogP contribution in [0.1, 0.15) is 0 Å². The normalized spacial score (nSPS) is 24.8. The molecule has 0 aromatic heterocycles. The van der Waals surface area contributed by atoms with E-state index in [0.717, 1.165) is 0 Å². The summed E-state index contributed by atoms with van der Waals surface area (Å²) in [6.45, 7) is 0. The van der Waals surface area contributed by atoms with Crippen molar-refractivity contribution in [3.05, 3.63) is 12.3 Å². The van der Waals surface area contributed by atoms with E-state index in [1.54, 1.807) is 6.08 Å². The summed E-state index contributed by atoms with van der Waals surface area (Å²) >= 11 is 0. The van der Waals surface area contributed by atoms with Crippen LogP contribution in [0.2, 0.25) is 0 Å². The minimum absolute atomic E-state index is 0.267. The van der Waals surface area contributed by atoms with Gasteiger partial charge in [0.05, 0.1) is 6.16 Å². The maximum atomic E-state index is 10.3. The van der Waals surface area contributed by atoms with Crippen molar-refractivity contribution in [1.29, 1.82) is 0 Å². The zero-order chi connectivity index (χ0) is 7.61. The minimum Gasteiger partial charge on any atom is -0.324 e. The molecule has 1 unspecified atom stereocenters. The van der Waals surface area contributed by atoms with Crippen LogP contribution >= 0.6 is 7.60 Å². The predicted molar refractivity (Wildman–Crippen MR) is 34.1 cm³/mol. The lowest BCUT2D eigenvalue weighted by Crippen LogP contribution is -2.14. The Morgan fingerprint density at radius 1 is 1.70 bits per heavy atom. The third-order valence-electron chi connectivity index (χ3n) is 1.02. The van der Waals surface area contributed by atoms with E-state index in [2.05, 4.69) is 10.3 Å². The summed E-state index contributed by atoms with van der Waals surface area (Å²) in [6, 6.07) is 0. The Bertz CT molecular complexity index is 186. The van der Waals surface area contributed by atoms with E-state index in [0.29, 0.717) is 0 Å². The molecule has 1 rings (SSSR count). The molecule has 0 radical (unpaired) electrons. The van der Waals surface area contributed by atoms with Crippen molar-refractivity contribution in [1.82, 2.24) is 5.48 Å². The van der Waals surface area contributed by atoms with E-state index >= 15 is 0 Å². The second kappa shape index (κ2) is 2.72. The van der Waals surface area contributed by atoms with Crippen molar-refractivity contribution < 1.29 is 19.2 Å². The third kappa shape index (κ3) is 2.49. The van der Waals surface area contributed by atoms with Crippen LogP contribution in [-0.2, 0) is 9.40 Å².